The summed E-state index contributed by atoms with van der Waals surface area (Å²) in [5.41, 5.74) is 2.38. The van der Waals surface area contributed by atoms with Gasteiger partial charge in [-0.05, 0) is 42.3 Å². The monoisotopic (exact) mass is 505 g/mol. The van der Waals surface area contributed by atoms with Crippen LogP contribution in [0.25, 0.3) is 11.4 Å². The van der Waals surface area contributed by atoms with Gasteiger partial charge in [-0.15, -0.1) is 0 Å². The van der Waals surface area contributed by atoms with Crippen LogP contribution in [0.2, 0.25) is 0 Å². The van der Waals surface area contributed by atoms with Crippen molar-refractivity contribution in [3.8, 4) is 22.9 Å². The molecule has 9 nitrogen and oxygen atoms in total. The molecule has 0 aliphatic heterocycles. The lowest BCUT2D eigenvalue weighted by Gasteiger charge is -2.10. The molecule has 0 aliphatic carbocycles. The van der Waals surface area contributed by atoms with Crippen LogP contribution in [-0.4, -0.2) is 40.3 Å². The van der Waals surface area contributed by atoms with Gasteiger partial charge in [0.25, 0.3) is 0 Å². The lowest BCUT2D eigenvalue weighted by Crippen LogP contribution is -2.18. The molecular formula is C26H23N3O6S. The van der Waals surface area contributed by atoms with Crippen molar-refractivity contribution in [1.29, 1.82) is 0 Å². The maximum Gasteiger partial charge on any atom is 0.339 e. The van der Waals surface area contributed by atoms with Crippen LogP contribution in [0.1, 0.15) is 21.5 Å². The van der Waals surface area contributed by atoms with Crippen LogP contribution < -0.4 is 9.46 Å². The molecule has 1 aromatic heterocycles. The van der Waals surface area contributed by atoms with Crippen molar-refractivity contribution in [3.63, 3.8) is 0 Å². The van der Waals surface area contributed by atoms with Crippen LogP contribution in [0.4, 0.5) is 5.69 Å². The highest BCUT2D eigenvalue weighted by Gasteiger charge is 2.13. The summed E-state index contributed by atoms with van der Waals surface area (Å²) in [5, 5.41) is 18.7. The van der Waals surface area contributed by atoms with Crippen LogP contribution in [0.3, 0.4) is 0 Å². The Bertz CT molecular complexity index is 1460. The van der Waals surface area contributed by atoms with Gasteiger partial charge in [0.1, 0.15) is 23.7 Å². The van der Waals surface area contributed by atoms with Gasteiger partial charge in [0, 0.05) is 29.2 Å². The summed E-state index contributed by atoms with van der Waals surface area (Å²) in [5.74, 6) is -0.959. The zero-order valence-corrected chi connectivity index (χ0v) is 19.9. The predicted molar refractivity (Wildman–Crippen MR) is 134 cm³/mol. The van der Waals surface area contributed by atoms with E-state index in [0.717, 1.165) is 5.56 Å². The molecule has 0 spiro atoms. The van der Waals surface area contributed by atoms with Crippen molar-refractivity contribution in [3.05, 3.63) is 102 Å². The number of benzene rings is 3. The summed E-state index contributed by atoms with van der Waals surface area (Å²) >= 11 is 0. The number of aryl methyl sites for hydroxylation is 1. The quantitative estimate of drug-likeness (QED) is 0.293. The zero-order valence-electron chi connectivity index (χ0n) is 19.0. The van der Waals surface area contributed by atoms with Crippen molar-refractivity contribution in [1.82, 2.24) is 9.97 Å². The minimum absolute atomic E-state index is 0.0403. The van der Waals surface area contributed by atoms with Crippen LogP contribution in [-0.2, 0) is 23.1 Å². The molecule has 3 N–H and O–H groups in total. The normalized spacial score (nSPS) is 11.1. The van der Waals surface area contributed by atoms with E-state index in [0.29, 0.717) is 29.1 Å². The molecule has 36 heavy (non-hydrogen) atoms. The molecule has 0 radical (unpaired) electrons. The van der Waals surface area contributed by atoms with Gasteiger partial charge in [-0.3, -0.25) is 4.72 Å². The highest BCUT2D eigenvalue weighted by Crippen LogP contribution is 2.24. The molecule has 0 aliphatic rings. The van der Waals surface area contributed by atoms with Gasteiger partial charge in [0.2, 0.25) is 10.0 Å². The Morgan fingerprint density at radius 1 is 0.917 bits per heavy atom. The SMILES string of the molecule is O=C(O)c1cc(OCc2cnc(-c3cccc(NS(=O)(=O)CCc4ccccc4)c3)nc2)ccc1O. The first-order valence-corrected chi connectivity index (χ1v) is 12.6. The van der Waals surface area contributed by atoms with Gasteiger partial charge in [-0.1, -0.05) is 42.5 Å². The smallest absolute Gasteiger partial charge is 0.339 e. The number of anilines is 1. The molecular weight excluding hydrogens is 482 g/mol. The van der Waals surface area contributed by atoms with Crippen molar-refractivity contribution < 1.29 is 28.2 Å². The standard InChI is InChI=1S/C26H23N3O6S/c30-24-10-9-22(14-23(24)26(31)32)35-17-19-15-27-25(28-16-19)20-7-4-8-21(13-20)29-36(33,34)12-11-18-5-2-1-3-6-18/h1-10,13-16,29-30H,11-12,17H2,(H,31,32). The summed E-state index contributed by atoms with van der Waals surface area (Å²) in [6.45, 7) is 0.0887. The molecule has 4 aromatic rings. The molecule has 184 valence electrons. The van der Waals surface area contributed by atoms with Gasteiger partial charge in [-0.25, -0.2) is 23.2 Å². The number of aromatic hydroxyl groups is 1. The number of aromatic nitrogens is 2. The van der Waals surface area contributed by atoms with Gasteiger partial charge in [0.05, 0.1) is 5.75 Å². The largest absolute Gasteiger partial charge is 0.507 e. The maximum absolute atomic E-state index is 12.5. The van der Waals surface area contributed by atoms with Crippen LogP contribution in [0, 0.1) is 0 Å². The molecule has 0 saturated heterocycles. The number of carboxylic acid groups (broad SMARTS) is 1. The number of aromatic carboxylic acids is 1. The van der Waals surface area contributed by atoms with Gasteiger partial charge >= 0.3 is 5.97 Å². The average Bonchev–Trinajstić information content (AvgIpc) is 2.88. The number of carbonyl (C=O) groups is 1. The lowest BCUT2D eigenvalue weighted by atomic mass is 10.2. The summed E-state index contributed by atoms with van der Waals surface area (Å²) in [4.78, 5) is 19.8. The molecule has 0 amide bonds. The molecule has 0 fully saturated rings. The number of sulfonamides is 1. The summed E-state index contributed by atoms with van der Waals surface area (Å²) in [7, 11) is -3.54. The lowest BCUT2D eigenvalue weighted by molar-refractivity contribution is 0.0693. The summed E-state index contributed by atoms with van der Waals surface area (Å²) in [6, 6.07) is 20.2. The molecule has 0 bridgehead atoms. The molecule has 10 heteroatoms. The number of hydrogen-bond donors (Lipinski definition) is 3. The summed E-state index contributed by atoms with van der Waals surface area (Å²) in [6.07, 6.45) is 3.54. The maximum atomic E-state index is 12.5. The summed E-state index contributed by atoms with van der Waals surface area (Å²) < 4.78 is 33.2. The van der Waals surface area contributed by atoms with Crippen molar-refractivity contribution in [2.24, 2.45) is 0 Å². The van der Waals surface area contributed by atoms with Crippen molar-refractivity contribution in [2.75, 3.05) is 10.5 Å². The van der Waals surface area contributed by atoms with E-state index in [1.165, 1.54) is 18.2 Å². The first-order chi connectivity index (χ1) is 17.3. The van der Waals surface area contributed by atoms with E-state index in [4.69, 9.17) is 9.84 Å². The van der Waals surface area contributed by atoms with E-state index in [2.05, 4.69) is 14.7 Å². The van der Waals surface area contributed by atoms with E-state index in [-0.39, 0.29) is 29.4 Å². The fourth-order valence-corrected chi connectivity index (χ4v) is 4.46. The second kappa shape index (κ2) is 10.9. The zero-order chi connectivity index (χ0) is 25.5. The number of hydrogen-bond acceptors (Lipinski definition) is 7. The number of nitrogens with one attached hydrogen (secondary N) is 1. The second-order valence-corrected chi connectivity index (χ2v) is 9.77. The predicted octanol–water partition coefficient (Wildman–Crippen LogP) is 4.11. The number of carboxylic acids is 1. The number of rotatable bonds is 10. The Labute approximate surface area is 208 Å². The van der Waals surface area contributed by atoms with E-state index < -0.39 is 16.0 Å². The third kappa shape index (κ3) is 6.57. The molecule has 0 saturated carbocycles. The Morgan fingerprint density at radius 3 is 2.39 bits per heavy atom. The van der Waals surface area contributed by atoms with Crippen LogP contribution in [0.5, 0.6) is 11.5 Å². The van der Waals surface area contributed by atoms with E-state index in [9.17, 15) is 18.3 Å². The fraction of sp³-hybridized carbons (Fsp3) is 0.115. The third-order valence-corrected chi connectivity index (χ3v) is 6.49. The van der Waals surface area contributed by atoms with Gasteiger partial charge < -0.3 is 14.9 Å². The Morgan fingerprint density at radius 2 is 1.67 bits per heavy atom. The van der Waals surface area contributed by atoms with Crippen molar-refractivity contribution in [2.45, 2.75) is 13.0 Å². The van der Waals surface area contributed by atoms with Gasteiger partial charge in [-0.2, -0.15) is 0 Å². The molecule has 4 rings (SSSR count). The van der Waals surface area contributed by atoms with Gasteiger partial charge in [0.15, 0.2) is 5.82 Å². The number of phenols is 1. The number of nitrogens with zero attached hydrogens (tertiary/aromatic N) is 2. The molecule has 3 aromatic carbocycles. The Kier molecular flexibility index (Phi) is 7.45. The molecule has 0 unspecified atom stereocenters. The van der Waals surface area contributed by atoms with E-state index in [1.807, 2.05) is 30.3 Å². The minimum Gasteiger partial charge on any atom is -0.507 e. The Balaban J connectivity index is 1.38. The molecule has 0 atom stereocenters. The van der Waals surface area contributed by atoms with E-state index >= 15 is 0 Å². The van der Waals surface area contributed by atoms with Crippen molar-refractivity contribution >= 4 is 21.7 Å². The Hall–Kier alpha value is -4.44. The van der Waals surface area contributed by atoms with E-state index in [1.54, 1.807) is 36.7 Å². The number of ether oxygens (including phenoxy) is 1. The van der Waals surface area contributed by atoms with Crippen LogP contribution in [0.15, 0.2) is 85.2 Å². The highest BCUT2D eigenvalue weighted by atomic mass is 32.2. The first kappa shape index (κ1) is 24.7. The topological polar surface area (TPSA) is 139 Å². The first-order valence-electron chi connectivity index (χ1n) is 10.9. The second-order valence-electron chi connectivity index (χ2n) is 7.93. The third-order valence-electron chi connectivity index (χ3n) is 5.21. The molecule has 1 heterocycles. The fourth-order valence-electron chi connectivity index (χ4n) is 3.37. The highest BCUT2D eigenvalue weighted by molar-refractivity contribution is 7.92. The average molecular weight is 506 g/mol. The minimum atomic E-state index is -3.54. The van der Waals surface area contributed by atoms with Crippen LogP contribution >= 0.6 is 0 Å².